The molecule has 1 heterocycles. The predicted molar refractivity (Wildman–Crippen MR) is 131 cm³/mol. The lowest BCUT2D eigenvalue weighted by Crippen LogP contribution is -2.44. The molecule has 1 aliphatic rings. The van der Waals surface area contributed by atoms with Gasteiger partial charge in [0.05, 0.1) is 5.56 Å². The van der Waals surface area contributed by atoms with Crippen LogP contribution in [0.3, 0.4) is 0 Å². The first-order valence-corrected chi connectivity index (χ1v) is 11.1. The molecule has 1 saturated heterocycles. The Morgan fingerprint density at radius 3 is 2.23 bits per heavy atom. The van der Waals surface area contributed by atoms with Gasteiger partial charge in [0, 0.05) is 49.2 Å². The van der Waals surface area contributed by atoms with Gasteiger partial charge in [-0.15, -0.1) is 0 Å². The number of halogens is 3. The number of piperazine rings is 1. The van der Waals surface area contributed by atoms with Crippen LogP contribution in [0.4, 0.5) is 24.5 Å². The summed E-state index contributed by atoms with van der Waals surface area (Å²) in [5.74, 6) is -3.05. The van der Waals surface area contributed by atoms with Crippen LogP contribution in [0.2, 0.25) is 0 Å². The van der Waals surface area contributed by atoms with E-state index in [1.54, 1.807) is 24.3 Å². The van der Waals surface area contributed by atoms with Gasteiger partial charge in [0.15, 0.2) is 0 Å². The van der Waals surface area contributed by atoms with E-state index in [9.17, 15) is 18.0 Å². The molecule has 9 heteroatoms. The van der Waals surface area contributed by atoms with Gasteiger partial charge in [-0.25, -0.2) is 13.2 Å². The van der Waals surface area contributed by atoms with Crippen molar-refractivity contribution in [2.75, 3.05) is 43.9 Å². The number of nitrogens with zero attached hydrogens (tertiary/aromatic N) is 3. The Morgan fingerprint density at radius 2 is 1.57 bits per heavy atom. The molecule has 35 heavy (non-hydrogen) atoms. The molecule has 4 rings (SSSR count). The van der Waals surface area contributed by atoms with E-state index in [1.165, 1.54) is 24.3 Å². The maximum atomic E-state index is 14.8. The van der Waals surface area contributed by atoms with Crippen molar-refractivity contribution in [1.29, 1.82) is 0 Å². The van der Waals surface area contributed by atoms with Gasteiger partial charge in [0.25, 0.3) is 5.91 Å². The number of nitrogens with two attached hydrogens (primary N) is 2. The number of rotatable bonds is 5. The minimum Gasteiger partial charge on any atom is -0.398 e. The van der Waals surface area contributed by atoms with Gasteiger partial charge < -0.3 is 21.3 Å². The number of amidine groups is 1. The zero-order valence-electron chi connectivity index (χ0n) is 19.3. The van der Waals surface area contributed by atoms with Crippen molar-refractivity contribution in [3.8, 4) is 0 Å². The lowest BCUT2D eigenvalue weighted by Gasteiger charge is -2.34. The van der Waals surface area contributed by atoms with Gasteiger partial charge in [-0.3, -0.25) is 4.79 Å². The number of anilines is 2. The first kappa shape index (κ1) is 24.3. The molecule has 0 radical (unpaired) electrons. The summed E-state index contributed by atoms with van der Waals surface area (Å²) >= 11 is 0. The zero-order valence-corrected chi connectivity index (χ0v) is 19.3. The largest absolute Gasteiger partial charge is 0.398 e. The molecule has 1 aliphatic heterocycles. The van der Waals surface area contributed by atoms with Crippen LogP contribution in [0.15, 0.2) is 59.6 Å². The maximum Gasteiger partial charge on any atom is 0.281 e. The third-order valence-corrected chi connectivity index (χ3v) is 6.00. The topological polar surface area (TPSA) is 87.9 Å². The van der Waals surface area contributed by atoms with Crippen molar-refractivity contribution in [2.24, 2.45) is 10.7 Å². The molecule has 3 aromatic rings. The summed E-state index contributed by atoms with van der Waals surface area (Å²) in [6.45, 7) is 3.29. The Kier molecular flexibility index (Phi) is 7.07. The molecule has 0 bridgehead atoms. The predicted octanol–water partition coefficient (Wildman–Crippen LogP) is 3.57. The van der Waals surface area contributed by atoms with E-state index in [1.807, 2.05) is 7.05 Å². The Hall–Kier alpha value is -3.85. The summed E-state index contributed by atoms with van der Waals surface area (Å²) in [5.41, 5.74) is 14.2. The van der Waals surface area contributed by atoms with Crippen molar-refractivity contribution >= 4 is 23.1 Å². The minimum absolute atomic E-state index is 0.178. The number of hydrogen-bond donors (Lipinski definition) is 2. The summed E-state index contributed by atoms with van der Waals surface area (Å²) in [5, 5.41) is 0. The molecule has 0 unspecified atom stereocenters. The smallest absolute Gasteiger partial charge is 0.281 e. The quantitative estimate of drug-likeness (QED) is 0.331. The Balaban J connectivity index is 1.53. The Bertz CT molecular complexity index is 1270. The molecule has 0 aliphatic carbocycles. The highest BCUT2D eigenvalue weighted by atomic mass is 19.1. The number of nitrogen functional groups attached to an aromatic ring is 1. The minimum atomic E-state index is -0.832. The summed E-state index contributed by atoms with van der Waals surface area (Å²) < 4.78 is 41.8. The third-order valence-electron chi connectivity index (χ3n) is 6.00. The van der Waals surface area contributed by atoms with Crippen LogP contribution < -0.4 is 16.4 Å². The second kappa shape index (κ2) is 10.2. The molecule has 0 atom stereocenters. The second-order valence-corrected chi connectivity index (χ2v) is 8.63. The van der Waals surface area contributed by atoms with Crippen LogP contribution in [0.1, 0.15) is 27.0 Å². The Morgan fingerprint density at radius 1 is 0.886 bits per heavy atom. The number of likely N-dealkylation sites (N-methyl/N-ethyl adjacent to an activating group) is 1. The van der Waals surface area contributed by atoms with E-state index in [0.29, 0.717) is 16.8 Å². The fourth-order valence-electron chi connectivity index (χ4n) is 4.05. The first-order valence-electron chi connectivity index (χ1n) is 11.1. The lowest BCUT2D eigenvalue weighted by molar-refractivity contribution is 0.0999. The number of aliphatic imine (C=N–C) groups is 1. The molecule has 182 valence electrons. The van der Waals surface area contributed by atoms with Gasteiger partial charge >= 0.3 is 0 Å². The normalized spacial score (nSPS) is 14.9. The van der Waals surface area contributed by atoms with Gasteiger partial charge in [0.2, 0.25) is 0 Å². The molecule has 1 fully saturated rings. The summed E-state index contributed by atoms with van der Waals surface area (Å²) in [6, 6.07) is 12.5. The van der Waals surface area contributed by atoms with E-state index in [4.69, 9.17) is 11.5 Å². The average Bonchev–Trinajstić information content (AvgIpc) is 2.80. The molecule has 1 amide bonds. The molecular formula is C26H26F3N5O. The maximum absolute atomic E-state index is 14.8. The van der Waals surface area contributed by atoms with E-state index >= 15 is 0 Å². The molecule has 6 nitrogen and oxygen atoms in total. The second-order valence-electron chi connectivity index (χ2n) is 8.63. The van der Waals surface area contributed by atoms with Gasteiger partial charge in [-0.2, -0.15) is 4.99 Å². The number of carbonyl (C=O) groups excluding carboxylic acids is 1. The first-order chi connectivity index (χ1) is 16.7. The molecule has 4 N–H and O–H groups in total. The fraction of sp³-hybridized carbons (Fsp3) is 0.231. The van der Waals surface area contributed by atoms with Crippen LogP contribution in [0, 0.1) is 17.5 Å². The average molecular weight is 482 g/mol. The summed E-state index contributed by atoms with van der Waals surface area (Å²) in [4.78, 5) is 20.8. The molecule has 0 aromatic heterocycles. The molecular weight excluding hydrogens is 455 g/mol. The van der Waals surface area contributed by atoms with Crippen LogP contribution >= 0.6 is 0 Å². The van der Waals surface area contributed by atoms with Crippen molar-refractivity contribution in [2.45, 2.75) is 6.42 Å². The zero-order chi connectivity index (χ0) is 25.1. The van der Waals surface area contributed by atoms with E-state index in [0.717, 1.165) is 32.2 Å². The number of hydrogen-bond acceptors (Lipinski definition) is 4. The van der Waals surface area contributed by atoms with Crippen molar-refractivity contribution < 1.29 is 18.0 Å². The Labute approximate surface area is 201 Å². The van der Waals surface area contributed by atoms with Gasteiger partial charge in [-0.1, -0.05) is 6.07 Å². The van der Waals surface area contributed by atoms with Crippen molar-refractivity contribution in [1.82, 2.24) is 4.90 Å². The number of benzene rings is 3. The number of amides is 1. The van der Waals surface area contributed by atoms with Gasteiger partial charge in [-0.05, 0) is 67.1 Å². The van der Waals surface area contributed by atoms with Crippen LogP contribution in [-0.2, 0) is 6.42 Å². The monoisotopic (exact) mass is 481 g/mol. The lowest BCUT2D eigenvalue weighted by atomic mass is 10.0. The highest BCUT2D eigenvalue weighted by molar-refractivity contribution is 6.11. The van der Waals surface area contributed by atoms with Crippen molar-refractivity contribution in [3.63, 3.8) is 0 Å². The van der Waals surface area contributed by atoms with Crippen LogP contribution in [-0.4, -0.2) is 49.9 Å². The SMILES string of the molecule is CN1CCN(c2ccc(C(=O)N=C(N)c3cc(Cc4cc(F)cc(F)c4)ccc3N)c(F)c2)CC1. The summed E-state index contributed by atoms with van der Waals surface area (Å²) in [6.07, 6.45) is 0.214. The van der Waals surface area contributed by atoms with Crippen LogP contribution in [0.5, 0.6) is 0 Å². The van der Waals surface area contributed by atoms with Crippen LogP contribution in [0.25, 0.3) is 0 Å². The van der Waals surface area contributed by atoms with E-state index in [-0.39, 0.29) is 29.1 Å². The summed E-state index contributed by atoms with van der Waals surface area (Å²) in [7, 11) is 2.03. The van der Waals surface area contributed by atoms with Gasteiger partial charge in [0.1, 0.15) is 23.3 Å². The number of carbonyl (C=O) groups is 1. The highest BCUT2D eigenvalue weighted by Crippen LogP contribution is 2.22. The fourth-order valence-corrected chi connectivity index (χ4v) is 4.05. The highest BCUT2D eigenvalue weighted by Gasteiger charge is 2.18. The standard InChI is InChI=1S/C26H26F3N5O/c1-33-6-8-34(9-7-33)20-3-4-21(23(29)15-20)26(35)32-25(31)22-13-16(2-5-24(22)30)10-17-11-18(27)14-19(28)12-17/h2-5,11-15H,6-10,30H2,1H3,(H2,31,32,35). The van der Waals surface area contributed by atoms with E-state index < -0.39 is 23.4 Å². The van der Waals surface area contributed by atoms with Crippen molar-refractivity contribution in [3.05, 3.63) is 94.3 Å². The molecule has 3 aromatic carbocycles. The molecule has 0 saturated carbocycles. The third kappa shape index (κ3) is 5.81. The molecule has 0 spiro atoms. The van der Waals surface area contributed by atoms with E-state index in [2.05, 4.69) is 14.8 Å².